The number of hydrogen-bond acceptors (Lipinski definition) is 5. The van der Waals surface area contributed by atoms with E-state index in [1.165, 1.54) is 29.4 Å². The standard InChI is InChI=1S/C17H21N5O/c18-10-17-20-16(21-23-17)11-22-8-4-3-7-15(22)14-9-12-5-1-2-6-13(12)19-14/h1-2,5-6,9,15,19H,3-4,7-8,10-11,18H2. The van der Waals surface area contributed by atoms with E-state index in [-0.39, 0.29) is 0 Å². The second-order valence-corrected chi connectivity index (χ2v) is 6.10. The number of hydrogen-bond donors (Lipinski definition) is 2. The van der Waals surface area contributed by atoms with Crippen LogP contribution in [0.4, 0.5) is 0 Å². The molecule has 0 spiro atoms. The summed E-state index contributed by atoms with van der Waals surface area (Å²) in [6.45, 7) is 2.04. The molecule has 2 aromatic heterocycles. The van der Waals surface area contributed by atoms with Crippen molar-refractivity contribution in [3.05, 3.63) is 47.7 Å². The first-order chi connectivity index (χ1) is 11.3. The number of para-hydroxylation sites is 1. The number of H-pyrrole nitrogens is 1. The topological polar surface area (TPSA) is 84.0 Å². The SMILES string of the molecule is NCc1nc(CN2CCCCC2c2cc3ccccc3[nH]2)no1. The molecule has 1 atom stereocenters. The molecule has 1 unspecified atom stereocenters. The van der Waals surface area contributed by atoms with Crippen molar-refractivity contribution < 1.29 is 4.52 Å². The second-order valence-electron chi connectivity index (χ2n) is 6.10. The fraction of sp³-hybridized carbons (Fsp3) is 0.412. The molecule has 0 aliphatic carbocycles. The molecule has 0 amide bonds. The molecule has 0 bridgehead atoms. The van der Waals surface area contributed by atoms with Crippen molar-refractivity contribution >= 4 is 10.9 Å². The maximum absolute atomic E-state index is 5.54. The molecule has 0 radical (unpaired) electrons. The van der Waals surface area contributed by atoms with Gasteiger partial charge in [0, 0.05) is 11.2 Å². The summed E-state index contributed by atoms with van der Waals surface area (Å²) in [4.78, 5) is 10.3. The molecule has 1 aliphatic rings. The van der Waals surface area contributed by atoms with Crippen molar-refractivity contribution in [1.82, 2.24) is 20.0 Å². The smallest absolute Gasteiger partial charge is 0.240 e. The molecule has 120 valence electrons. The highest BCUT2D eigenvalue weighted by Crippen LogP contribution is 2.33. The zero-order valence-electron chi connectivity index (χ0n) is 13.0. The van der Waals surface area contributed by atoms with Gasteiger partial charge in [0.2, 0.25) is 5.89 Å². The van der Waals surface area contributed by atoms with Crippen LogP contribution in [0.3, 0.4) is 0 Å². The number of fused-ring (bicyclic) bond motifs is 1. The fourth-order valence-corrected chi connectivity index (χ4v) is 3.43. The predicted molar refractivity (Wildman–Crippen MR) is 87.5 cm³/mol. The van der Waals surface area contributed by atoms with Crippen LogP contribution in [0, 0.1) is 0 Å². The minimum Gasteiger partial charge on any atom is -0.357 e. The predicted octanol–water partition coefficient (Wildman–Crippen LogP) is 2.74. The summed E-state index contributed by atoms with van der Waals surface area (Å²) in [5, 5.41) is 5.30. The first-order valence-electron chi connectivity index (χ1n) is 8.17. The third-order valence-electron chi connectivity index (χ3n) is 4.55. The van der Waals surface area contributed by atoms with Crippen LogP contribution in [0.2, 0.25) is 0 Å². The van der Waals surface area contributed by atoms with Gasteiger partial charge in [0.1, 0.15) is 0 Å². The zero-order valence-corrected chi connectivity index (χ0v) is 13.0. The van der Waals surface area contributed by atoms with Gasteiger partial charge in [0.25, 0.3) is 0 Å². The Morgan fingerprint density at radius 3 is 3.04 bits per heavy atom. The summed E-state index contributed by atoms with van der Waals surface area (Å²) in [6, 6.07) is 11.0. The van der Waals surface area contributed by atoms with Crippen molar-refractivity contribution in [2.45, 2.75) is 38.4 Å². The van der Waals surface area contributed by atoms with E-state index in [1.54, 1.807) is 0 Å². The van der Waals surface area contributed by atoms with Gasteiger partial charge in [-0.1, -0.05) is 29.8 Å². The van der Waals surface area contributed by atoms with E-state index in [1.807, 2.05) is 0 Å². The Morgan fingerprint density at radius 2 is 2.22 bits per heavy atom. The third kappa shape index (κ3) is 2.87. The van der Waals surface area contributed by atoms with Crippen LogP contribution in [0.5, 0.6) is 0 Å². The number of likely N-dealkylation sites (tertiary alicyclic amines) is 1. The molecule has 0 saturated carbocycles. The van der Waals surface area contributed by atoms with Crippen LogP contribution in [0.15, 0.2) is 34.9 Å². The summed E-state index contributed by atoms with van der Waals surface area (Å²) >= 11 is 0. The van der Waals surface area contributed by atoms with E-state index in [2.05, 4.69) is 50.4 Å². The molecule has 4 rings (SSSR count). The average Bonchev–Trinajstić information content (AvgIpc) is 3.21. The van der Waals surface area contributed by atoms with Crippen LogP contribution in [-0.4, -0.2) is 26.6 Å². The molecule has 6 nitrogen and oxygen atoms in total. The average molecular weight is 311 g/mol. The van der Waals surface area contributed by atoms with Gasteiger partial charge in [-0.05, 0) is 36.9 Å². The maximum atomic E-state index is 5.54. The highest BCUT2D eigenvalue weighted by Gasteiger charge is 2.26. The van der Waals surface area contributed by atoms with Crippen molar-refractivity contribution in [1.29, 1.82) is 0 Å². The largest absolute Gasteiger partial charge is 0.357 e. The van der Waals surface area contributed by atoms with Crippen LogP contribution in [0.1, 0.15) is 42.7 Å². The number of nitrogens with two attached hydrogens (primary N) is 1. The molecule has 3 aromatic rings. The lowest BCUT2D eigenvalue weighted by atomic mass is 9.99. The number of nitrogens with zero attached hydrogens (tertiary/aromatic N) is 3. The number of aromatic amines is 1. The van der Waals surface area contributed by atoms with E-state index in [0.717, 1.165) is 13.0 Å². The van der Waals surface area contributed by atoms with E-state index >= 15 is 0 Å². The fourth-order valence-electron chi connectivity index (χ4n) is 3.43. The summed E-state index contributed by atoms with van der Waals surface area (Å²) in [5.41, 5.74) is 8.01. The van der Waals surface area contributed by atoms with Crippen molar-refractivity contribution in [3.8, 4) is 0 Å². The van der Waals surface area contributed by atoms with Crippen LogP contribution in [-0.2, 0) is 13.1 Å². The first kappa shape index (κ1) is 14.4. The lowest BCUT2D eigenvalue weighted by molar-refractivity contribution is 0.133. The number of aromatic nitrogens is 3. The second kappa shape index (κ2) is 6.14. The van der Waals surface area contributed by atoms with Gasteiger partial charge in [-0.15, -0.1) is 0 Å². The van der Waals surface area contributed by atoms with Crippen molar-refractivity contribution in [2.75, 3.05) is 6.54 Å². The molecule has 3 N–H and O–H groups in total. The van der Waals surface area contributed by atoms with Crippen molar-refractivity contribution in [3.63, 3.8) is 0 Å². The van der Waals surface area contributed by atoms with Gasteiger partial charge in [-0.25, -0.2) is 0 Å². The Morgan fingerprint density at radius 1 is 1.30 bits per heavy atom. The lowest BCUT2D eigenvalue weighted by Gasteiger charge is -2.34. The summed E-state index contributed by atoms with van der Waals surface area (Å²) in [6.07, 6.45) is 3.60. The van der Waals surface area contributed by atoms with Crippen LogP contribution >= 0.6 is 0 Å². The van der Waals surface area contributed by atoms with E-state index in [9.17, 15) is 0 Å². The Hall–Kier alpha value is -2.18. The third-order valence-corrected chi connectivity index (χ3v) is 4.55. The number of piperidine rings is 1. The van der Waals surface area contributed by atoms with Gasteiger partial charge in [0.05, 0.1) is 19.1 Å². The molecule has 1 fully saturated rings. The maximum Gasteiger partial charge on any atom is 0.240 e. The summed E-state index contributed by atoms with van der Waals surface area (Å²) < 4.78 is 5.12. The Labute approximate surface area is 134 Å². The molecule has 1 aliphatic heterocycles. The Kier molecular flexibility index (Phi) is 3.85. The minimum absolute atomic E-state index is 0.290. The number of benzene rings is 1. The van der Waals surface area contributed by atoms with Gasteiger partial charge in [-0.2, -0.15) is 4.98 Å². The molecular weight excluding hydrogens is 290 g/mol. The molecule has 1 aromatic carbocycles. The van der Waals surface area contributed by atoms with Crippen LogP contribution in [0.25, 0.3) is 10.9 Å². The Balaban J connectivity index is 1.59. The number of rotatable bonds is 4. The van der Waals surface area contributed by atoms with Gasteiger partial charge in [-0.3, -0.25) is 4.90 Å². The zero-order chi connectivity index (χ0) is 15.6. The van der Waals surface area contributed by atoms with E-state index in [4.69, 9.17) is 10.3 Å². The molecular formula is C17H21N5O. The first-order valence-corrected chi connectivity index (χ1v) is 8.17. The van der Waals surface area contributed by atoms with Gasteiger partial charge in [0.15, 0.2) is 5.82 Å². The summed E-state index contributed by atoms with van der Waals surface area (Å²) in [7, 11) is 0. The number of nitrogens with one attached hydrogen (secondary N) is 1. The monoisotopic (exact) mass is 311 g/mol. The quantitative estimate of drug-likeness (QED) is 0.774. The highest BCUT2D eigenvalue weighted by atomic mass is 16.5. The van der Waals surface area contributed by atoms with Crippen molar-refractivity contribution in [2.24, 2.45) is 5.73 Å². The molecule has 3 heterocycles. The molecule has 6 heteroatoms. The highest BCUT2D eigenvalue weighted by molar-refractivity contribution is 5.80. The molecule has 1 saturated heterocycles. The van der Waals surface area contributed by atoms with Gasteiger partial charge >= 0.3 is 0 Å². The van der Waals surface area contributed by atoms with Crippen LogP contribution < -0.4 is 5.73 Å². The lowest BCUT2D eigenvalue weighted by Crippen LogP contribution is -2.33. The minimum atomic E-state index is 0.290. The van der Waals surface area contributed by atoms with E-state index < -0.39 is 0 Å². The Bertz CT molecular complexity index is 760. The summed E-state index contributed by atoms with van der Waals surface area (Å²) in [5.74, 6) is 1.22. The van der Waals surface area contributed by atoms with Gasteiger partial charge < -0.3 is 15.2 Å². The normalized spacial score (nSPS) is 19.4. The van der Waals surface area contributed by atoms with E-state index in [0.29, 0.717) is 30.8 Å². The molecule has 23 heavy (non-hydrogen) atoms.